The van der Waals surface area contributed by atoms with E-state index in [0.29, 0.717) is 0 Å². The van der Waals surface area contributed by atoms with Crippen molar-refractivity contribution in [3.8, 4) is 6.07 Å². The molecule has 1 aromatic rings. The molecule has 0 saturated carbocycles. The quantitative estimate of drug-likeness (QED) is 0.724. The van der Waals surface area contributed by atoms with E-state index in [4.69, 9.17) is 11.0 Å². The number of rotatable bonds is 2. The van der Waals surface area contributed by atoms with Crippen LogP contribution in [0.4, 0.5) is 14.6 Å². The molecule has 0 bridgehead atoms. The smallest absolute Gasteiger partial charge is 0.266 e. The number of carbonyl (C=O) groups excluding carboxylic acids is 1. The third-order valence-corrected chi connectivity index (χ3v) is 1.64. The number of anilines is 1. The average molecular weight is 197 g/mol. The van der Waals surface area contributed by atoms with Gasteiger partial charge < -0.3 is 5.73 Å². The van der Waals surface area contributed by atoms with E-state index in [9.17, 15) is 13.6 Å². The molecule has 0 aliphatic rings. The fourth-order valence-electron chi connectivity index (χ4n) is 0.966. The van der Waals surface area contributed by atoms with Crippen molar-refractivity contribution in [2.24, 2.45) is 0 Å². The first-order valence-corrected chi connectivity index (χ1v) is 3.53. The lowest BCUT2D eigenvalue weighted by Crippen LogP contribution is -2.04. The first kappa shape index (κ1) is 10.1. The number of halogens is 2. The number of hydrogen-bond donors (Lipinski definition) is 1. The normalized spacial score (nSPS) is 9.86. The molecule has 0 radical (unpaired) electrons. The minimum Gasteiger partial charge on any atom is -0.383 e. The molecule has 0 amide bonds. The van der Waals surface area contributed by atoms with E-state index in [1.165, 1.54) is 6.07 Å². The van der Waals surface area contributed by atoms with Crippen LogP contribution in [-0.2, 0) is 0 Å². The second-order valence-electron chi connectivity index (χ2n) is 2.42. The second-order valence-corrected chi connectivity index (χ2v) is 2.42. The van der Waals surface area contributed by atoms with Crippen LogP contribution < -0.4 is 5.73 Å². The molecule has 0 unspecified atom stereocenters. The van der Waals surface area contributed by atoms with Crippen LogP contribution in [0.25, 0.3) is 0 Å². The average Bonchev–Trinajstić information content (AvgIpc) is 2.16. The summed E-state index contributed by atoms with van der Waals surface area (Å²) in [5, 5.41) is 8.58. The van der Waals surface area contributed by atoms with Gasteiger partial charge in [-0.1, -0.05) is 0 Å². The van der Waals surface area contributed by atoms with Gasteiger partial charge >= 0.3 is 0 Å². The Bertz CT molecular complexity index is 412. The van der Waals surface area contributed by atoms with Crippen molar-refractivity contribution in [2.45, 2.75) is 6.43 Å². The van der Waals surface area contributed by atoms with Crippen LogP contribution in [0.3, 0.4) is 0 Å². The number of aromatic nitrogens is 1. The van der Waals surface area contributed by atoms with Crippen molar-refractivity contribution in [2.75, 3.05) is 5.73 Å². The molecule has 0 aromatic carbocycles. The maximum Gasteiger partial charge on any atom is 0.266 e. The van der Waals surface area contributed by atoms with E-state index in [1.807, 2.05) is 0 Å². The predicted octanol–water partition coefficient (Wildman–Crippen LogP) is 1.29. The van der Waals surface area contributed by atoms with Crippen LogP contribution in [0, 0.1) is 11.3 Å². The van der Waals surface area contributed by atoms with Gasteiger partial charge in [0.1, 0.15) is 11.9 Å². The van der Waals surface area contributed by atoms with Gasteiger partial charge in [0.15, 0.2) is 6.29 Å². The van der Waals surface area contributed by atoms with Crippen LogP contribution >= 0.6 is 0 Å². The Morgan fingerprint density at radius 3 is 2.71 bits per heavy atom. The first-order valence-electron chi connectivity index (χ1n) is 3.53. The van der Waals surface area contributed by atoms with Gasteiger partial charge in [0.2, 0.25) is 0 Å². The summed E-state index contributed by atoms with van der Waals surface area (Å²) in [6.07, 6.45) is -1.81. The van der Waals surface area contributed by atoms with Gasteiger partial charge in [-0.2, -0.15) is 5.26 Å². The highest BCUT2D eigenvalue weighted by molar-refractivity contribution is 5.86. The monoisotopic (exact) mass is 197 g/mol. The summed E-state index contributed by atoms with van der Waals surface area (Å²) in [4.78, 5) is 13.9. The van der Waals surface area contributed by atoms with E-state index in [0.717, 1.165) is 6.20 Å². The lowest BCUT2D eigenvalue weighted by Gasteiger charge is -2.05. The molecule has 0 saturated heterocycles. The minimum atomic E-state index is -2.85. The SMILES string of the molecule is N#Cc1c(C(F)F)cnc(N)c1C=O. The molecule has 0 fully saturated rings. The topological polar surface area (TPSA) is 79.8 Å². The summed E-state index contributed by atoms with van der Waals surface area (Å²) in [5.41, 5.74) is 3.96. The molecule has 0 spiro atoms. The summed E-state index contributed by atoms with van der Waals surface area (Å²) >= 11 is 0. The Kier molecular flexibility index (Phi) is 2.72. The molecule has 72 valence electrons. The largest absolute Gasteiger partial charge is 0.383 e. The van der Waals surface area contributed by atoms with Crippen LogP contribution in [0.2, 0.25) is 0 Å². The van der Waals surface area contributed by atoms with Crippen molar-refractivity contribution >= 4 is 12.1 Å². The van der Waals surface area contributed by atoms with Crippen molar-refractivity contribution < 1.29 is 13.6 Å². The lowest BCUT2D eigenvalue weighted by molar-refractivity contribution is 0.112. The van der Waals surface area contributed by atoms with E-state index >= 15 is 0 Å². The van der Waals surface area contributed by atoms with E-state index < -0.39 is 17.6 Å². The van der Waals surface area contributed by atoms with Crippen molar-refractivity contribution in [3.05, 3.63) is 22.9 Å². The number of carbonyl (C=O) groups is 1. The molecule has 2 N–H and O–H groups in total. The fraction of sp³-hybridized carbons (Fsp3) is 0.125. The van der Waals surface area contributed by atoms with Crippen LogP contribution in [0.5, 0.6) is 0 Å². The number of aldehydes is 1. The highest BCUT2D eigenvalue weighted by atomic mass is 19.3. The number of pyridine rings is 1. The summed E-state index contributed by atoms with van der Waals surface area (Å²) in [7, 11) is 0. The molecule has 1 heterocycles. The number of hydrogen-bond acceptors (Lipinski definition) is 4. The van der Waals surface area contributed by atoms with Gasteiger partial charge in [-0.25, -0.2) is 13.8 Å². The van der Waals surface area contributed by atoms with E-state index in [-0.39, 0.29) is 17.7 Å². The maximum atomic E-state index is 12.3. The lowest BCUT2D eigenvalue weighted by atomic mass is 10.1. The number of nitrogen functional groups attached to an aromatic ring is 1. The Labute approximate surface area is 78.0 Å². The Hall–Kier alpha value is -2.03. The van der Waals surface area contributed by atoms with Crippen molar-refractivity contribution in [1.82, 2.24) is 4.98 Å². The van der Waals surface area contributed by atoms with Crippen LogP contribution in [0.15, 0.2) is 6.20 Å². The number of nitriles is 1. The Morgan fingerprint density at radius 2 is 2.29 bits per heavy atom. The summed E-state index contributed by atoms with van der Waals surface area (Å²) < 4.78 is 24.6. The molecule has 0 atom stereocenters. The zero-order valence-electron chi connectivity index (χ0n) is 6.87. The summed E-state index contributed by atoms with van der Waals surface area (Å²) in [6.45, 7) is 0. The van der Waals surface area contributed by atoms with Crippen molar-refractivity contribution in [1.29, 1.82) is 5.26 Å². The molecule has 1 aromatic heterocycles. The molecule has 0 aliphatic carbocycles. The highest BCUT2D eigenvalue weighted by Crippen LogP contribution is 2.25. The van der Waals surface area contributed by atoms with Gasteiger partial charge in [0.05, 0.1) is 16.7 Å². The predicted molar refractivity (Wildman–Crippen MR) is 43.7 cm³/mol. The Balaban J connectivity index is 3.50. The molecule has 1 rings (SSSR count). The third kappa shape index (κ3) is 1.52. The van der Waals surface area contributed by atoms with Crippen molar-refractivity contribution in [3.63, 3.8) is 0 Å². The molecular formula is C8H5F2N3O. The van der Waals surface area contributed by atoms with E-state index in [1.54, 1.807) is 0 Å². The first-order chi connectivity index (χ1) is 6.61. The van der Waals surface area contributed by atoms with Crippen LogP contribution in [0.1, 0.15) is 27.9 Å². The zero-order chi connectivity index (χ0) is 10.7. The maximum absolute atomic E-state index is 12.3. The van der Waals surface area contributed by atoms with Gasteiger partial charge in [-0.05, 0) is 0 Å². The van der Waals surface area contributed by atoms with E-state index in [2.05, 4.69) is 4.98 Å². The Morgan fingerprint density at radius 1 is 1.64 bits per heavy atom. The molecule has 14 heavy (non-hydrogen) atoms. The zero-order valence-corrected chi connectivity index (χ0v) is 6.87. The van der Waals surface area contributed by atoms with Gasteiger partial charge in [-0.3, -0.25) is 4.79 Å². The summed E-state index contributed by atoms with van der Waals surface area (Å²) in [5.74, 6) is -0.221. The molecule has 4 nitrogen and oxygen atoms in total. The number of nitrogens with zero attached hydrogens (tertiary/aromatic N) is 2. The second kappa shape index (κ2) is 3.79. The number of alkyl halides is 2. The standard InChI is InChI=1S/C8H5F2N3O/c9-7(10)5-2-13-8(12)6(3-14)4(5)1-11/h2-3,7H,(H2,12,13). The summed E-state index contributed by atoms with van der Waals surface area (Å²) in [6, 6.07) is 1.51. The van der Waals surface area contributed by atoms with Gasteiger partial charge in [0.25, 0.3) is 6.43 Å². The van der Waals surface area contributed by atoms with Crippen LogP contribution in [-0.4, -0.2) is 11.3 Å². The third-order valence-electron chi connectivity index (χ3n) is 1.64. The number of nitrogens with two attached hydrogens (primary N) is 1. The molecule has 6 heteroatoms. The van der Waals surface area contributed by atoms with Gasteiger partial charge in [-0.15, -0.1) is 0 Å². The minimum absolute atomic E-state index is 0.221. The fourth-order valence-corrected chi connectivity index (χ4v) is 0.966. The molecular weight excluding hydrogens is 192 g/mol. The molecule has 0 aliphatic heterocycles. The highest BCUT2D eigenvalue weighted by Gasteiger charge is 2.18. The van der Waals surface area contributed by atoms with Gasteiger partial charge in [0, 0.05) is 6.20 Å².